The molecule has 0 aliphatic rings. The zero-order valence-electron chi connectivity index (χ0n) is 10.6. The van der Waals surface area contributed by atoms with E-state index in [1.165, 1.54) is 23.5 Å². The number of fused-ring (bicyclic) bond motifs is 1. The fraction of sp³-hybridized carbons (Fsp3) is 0.133. The minimum absolute atomic E-state index is 0.645. The van der Waals surface area contributed by atoms with Crippen molar-refractivity contribution in [1.82, 2.24) is 4.98 Å². The van der Waals surface area contributed by atoms with Gasteiger partial charge in [0, 0.05) is 10.9 Å². The summed E-state index contributed by atoms with van der Waals surface area (Å²) in [6, 6.07) is 11.0. The summed E-state index contributed by atoms with van der Waals surface area (Å²) in [5.41, 5.74) is 2.05. The van der Waals surface area contributed by atoms with E-state index in [4.69, 9.17) is 0 Å². The van der Waals surface area contributed by atoms with Crippen LogP contribution in [0.2, 0.25) is 0 Å². The maximum atomic E-state index is 12.6. The van der Waals surface area contributed by atoms with Crippen molar-refractivity contribution in [3.05, 3.63) is 53.6 Å². The van der Waals surface area contributed by atoms with E-state index in [1.807, 2.05) is 18.2 Å². The summed E-state index contributed by atoms with van der Waals surface area (Å²) in [5, 5.41) is 1.45. The van der Waals surface area contributed by atoms with Crippen LogP contribution in [0.3, 0.4) is 0 Å². The molecule has 0 fully saturated rings. The Kier molecular flexibility index (Phi) is 3.75. The molecule has 0 saturated carbocycles. The van der Waals surface area contributed by atoms with Crippen LogP contribution in [-0.2, 0) is 11.5 Å². The first-order valence-electron chi connectivity index (χ1n) is 6.11. The average molecular weight is 372 g/mol. The molecule has 21 heavy (non-hydrogen) atoms. The van der Waals surface area contributed by atoms with Crippen molar-refractivity contribution in [1.29, 1.82) is 0 Å². The molecule has 6 heteroatoms. The summed E-state index contributed by atoms with van der Waals surface area (Å²) in [7, 11) is 0. The molecule has 0 aliphatic heterocycles. The van der Waals surface area contributed by atoms with E-state index in [9.17, 15) is 13.2 Å². The van der Waals surface area contributed by atoms with Crippen molar-refractivity contribution in [3.63, 3.8) is 0 Å². The van der Waals surface area contributed by atoms with Crippen LogP contribution in [-0.4, -0.2) is 4.98 Å². The van der Waals surface area contributed by atoms with E-state index in [1.54, 1.807) is 0 Å². The van der Waals surface area contributed by atoms with Gasteiger partial charge in [-0.15, -0.1) is 11.3 Å². The van der Waals surface area contributed by atoms with Crippen molar-refractivity contribution in [3.8, 4) is 10.6 Å². The molecule has 0 aliphatic carbocycles. The molecule has 0 N–H and O–H groups in total. The Morgan fingerprint density at radius 2 is 1.76 bits per heavy atom. The second-order valence-electron chi connectivity index (χ2n) is 4.49. The van der Waals surface area contributed by atoms with Crippen LogP contribution < -0.4 is 0 Å². The van der Waals surface area contributed by atoms with Gasteiger partial charge in [-0.25, -0.2) is 4.98 Å². The molecule has 3 rings (SSSR count). The summed E-state index contributed by atoms with van der Waals surface area (Å²) in [4.78, 5) is 4.50. The predicted molar refractivity (Wildman–Crippen MR) is 82.7 cm³/mol. The zero-order chi connectivity index (χ0) is 15.0. The number of hydrogen-bond acceptors (Lipinski definition) is 2. The van der Waals surface area contributed by atoms with Gasteiger partial charge in [0.25, 0.3) is 0 Å². The molecule has 0 unspecified atom stereocenters. The Bertz CT molecular complexity index is 778. The first kappa shape index (κ1) is 14.5. The van der Waals surface area contributed by atoms with Gasteiger partial charge in [-0.05, 0) is 23.8 Å². The van der Waals surface area contributed by atoms with E-state index in [-0.39, 0.29) is 0 Å². The van der Waals surface area contributed by atoms with Crippen molar-refractivity contribution in [2.45, 2.75) is 11.5 Å². The number of rotatable bonds is 2. The maximum Gasteiger partial charge on any atom is 0.416 e. The highest BCUT2D eigenvalue weighted by Crippen LogP contribution is 2.35. The second kappa shape index (κ2) is 5.42. The Morgan fingerprint density at radius 1 is 1.05 bits per heavy atom. The molecule has 0 saturated heterocycles. The Labute approximate surface area is 131 Å². The van der Waals surface area contributed by atoms with Gasteiger partial charge in [-0.1, -0.05) is 40.2 Å². The van der Waals surface area contributed by atoms with E-state index >= 15 is 0 Å². The van der Waals surface area contributed by atoms with Crippen LogP contribution >= 0.6 is 27.3 Å². The minimum atomic E-state index is -4.31. The summed E-state index contributed by atoms with van der Waals surface area (Å²) in [6.07, 6.45) is -4.31. The van der Waals surface area contributed by atoms with Crippen LogP contribution in [0, 0.1) is 0 Å². The Balaban J connectivity index is 2.04. The molecule has 1 aromatic heterocycles. The number of nitrogens with zero attached hydrogens (tertiary/aromatic N) is 1. The highest BCUT2D eigenvalue weighted by Gasteiger charge is 2.30. The average Bonchev–Trinajstić information content (AvgIpc) is 2.90. The third-order valence-electron chi connectivity index (χ3n) is 3.10. The van der Waals surface area contributed by atoms with Gasteiger partial charge in [0.1, 0.15) is 5.01 Å². The van der Waals surface area contributed by atoms with Crippen molar-refractivity contribution in [2.24, 2.45) is 0 Å². The van der Waals surface area contributed by atoms with E-state index in [0.29, 0.717) is 5.56 Å². The van der Waals surface area contributed by atoms with Crippen molar-refractivity contribution >= 4 is 37.5 Å². The lowest BCUT2D eigenvalue weighted by molar-refractivity contribution is -0.137. The fourth-order valence-electron chi connectivity index (χ4n) is 2.04. The summed E-state index contributed by atoms with van der Waals surface area (Å²) < 4.78 is 38.8. The first-order chi connectivity index (χ1) is 9.99. The van der Waals surface area contributed by atoms with Gasteiger partial charge in [0.15, 0.2) is 0 Å². The van der Waals surface area contributed by atoms with Crippen LogP contribution in [0.15, 0.2) is 42.5 Å². The third kappa shape index (κ3) is 2.82. The molecule has 1 nitrogen and oxygen atoms in total. The molecule has 0 radical (unpaired) electrons. The molecule has 0 spiro atoms. The molecule has 3 aromatic rings. The van der Waals surface area contributed by atoms with Gasteiger partial charge < -0.3 is 0 Å². The number of aromatic nitrogens is 1. The summed E-state index contributed by atoms with van der Waals surface area (Å²) in [6.45, 7) is 0. The minimum Gasteiger partial charge on any atom is -0.236 e. The lowest BCUT2D eigenvalue weighted by Crippen LogP contribution is -2.03. The number of benzene rings is 2. The molecule has 0 atom stereocenters. The Hall–Kier alpha value is -1.40. The van der Waals surface area contributed by atoms with Crippen molar-refractivity contribution < 1.29 is 13.2 Å². The largest absolute Gasteiger partial charge is 0.416 e. The summed E-state index contributed by atoms with van der Waals surface area (Å²) >= 11 is 4.92. The number of halogens is 4. The second-order valence-corrected chi connectivity index (χ2v) is 6.05. The Morgan fingerprint density at radius 3 is 2.38 bits per heavy atom. The highest BCUT2D eigenvalue weighted by atomic mass is 79.9. The molecular formula is C15H9BrF3NS. The van der Waals surface area contributed by atoms with Gasteiger partial charge in [-0.3, -0.25) is 0 Å². The van der Waals surface area contributed by atoms with Gasteiger partial charge in [0.05, 0.1) is 15.8 Å². The van der Waals surface area contributed by atoms with Crippen LogP contribution in [0.5, 0.6) is 0 Å². The van der Waals surface area contributed by atoms with E-state index in [2.05, 4.69) is 20.9 Å². The van der Waals surface area contributed by atoms with E-state index in [0.717, 1.165) is 38.3 Å². The SMILES string of the molecule is FC(F)(F)c1ccc(-c2nc3cccc(CBr)c3s2)cc1. The molecule has 0 amide bonds. The standard InChI is InChI=1S/C15H9BrF3NS/c16-8-10-2-1-3-12-13(10)21-14(20-12)9-4-6-11(7-5-9)15(17,18)19/h1-7H,8H2. The third-order valence-corrected chi connectivity index (χ3v) is 4.90. The molecule has 1 heterocycles. The molecule has 2 aromatic carbocycles. The lowest BCUT2D eigenvalue weighted by atomic mass is 10.1. The number of hydrogen-bond donors (Lipinski definition) is 0. The first-order valence-corrected chi connectivity index (χ1v) is 8.05. The molecular weight excluding hydrogens is 363 g/mol. The van der Waals surface area contributed by atoms with Gasteiger partial charge in [0.2, 0.25) is 0 Å². The predicted octanol–water partition coefficient (Wildman–Crippen LogP) is 5.88. The number of thiazole rings is 1. The normalized spacial score (nSPS) is 12.0. The molecule has 108 valence electrons. The zero-order valence-corrected chi connectivity index (χ0v) is 13.0. The summed E-state index contributed by atoms with van der Waals surface area (Å²) in [5.74, 6) is 0. The van der Waals surface area contributed by atoms with E-state index < -0.39 is 11.7 Å². The van der Waals surface area contributed by atoms with Crippen molar-refractivity contribution in [2.75, 3.05) is 0 Å². The maximum absolute atomic E-state index is 12.6. The number of alkyl halides is 4. The molecule has 0 bridgehead atoms. The van der Waals surface area contributed by atoms with Crippen LogP contribution in [0.1, 0.15) is 11.1 Å². The quantitative estimate of drug-likeness (QED) is 0.512. The monoisotopic (exact) mass is 371 g/mol. The highest BCUT2D eigenvalue weighted by molar-refractivity contribution is 9.08. The lowest BCUT2D eigenvalue weighted by Gasteiger charge is -2.06. The van der Waals surface area contributed by atoms with Crippen LogP contribution in [0.25, 0.3) is 20.8 Å². The van der Waals surface area contributed by atoms with Gasteiger partial charge >= 0.3 is 6.18 Å². The fourth-order valence-corrected chi connectivity index (χ4v) is 3.77. The topological polar surface area (TPSA) is 12.9 Å². The van der Waals surface area contributed by atoms with Gasteiger partial charge in [-0.2, -0.15) is 13.2 Å². The smallest absolute Gasteiger partial charge is 0.236 e. The van der Waals surface area contributed by atoms with Crippen LogP contribution in [0.4, 0.5) is 13.2 Å².